The molecule has 0 atom stereocenters. The fourth-order valence-electron chi connectivity index (χ4n) is 3.69. The zero-order valence-corrected chi connectivity index (χ0v) is 14.1. The number of aromatic amines is 1. The number of halogens is 1. The van der Waals surface area contributed by atoms with Gasteiger partial charge in [0, 0.05) is 35.7 Å². The van der Waals surface area contributed by atoms with Crippen molar-refractivity contribution in [3.63, 3.8) is 0 Å². The number of amides is 3. The van der Waals surface area contributed by atoms with Crippen molar-refractivity contribution >= 4 is 40.1 Å². The Hall–Kier alpha value is -2.28. The second-order valence-electron chi connectivity index (χ2n) is 6.30. The highest BCUT2D eigenvalue weighted by molar-refractivity contribution is 6.31. The maximum atomic E-state index is 12.6. The third kappa shape index (κ3) is 2.15. The summed E-state index contributed by atoms with van der Waals surface area (Å²) in [4.78, 5) is 28.0. The molecule has 2 fully saturated rings. The summed E-state index contributed by atoms with van der Waals surface area (Å²) in [7, 11) is 0. The molecule has 1 aromatic carbocycles. The molecule has 0 bridgehead atoms. The molecule has 1 spiro atoms. The van der Waals surface area contributed by atoms with Crippen molar-refractivity contribution < 1.29 is 9.59 Å². The minimum Gasteiger partial charge on any atom is -0.371 e. The summed E-state index contributed by atoms with van der Waals surface area (Å²) in [5.41, 5.74) is 1.14. The molecule has 4 rings (SSSR count). The fraction of sp³-hybridized carbons (Fsp3) is 0.438. The third-order valence-corrected chi connectivity index (χ3v) is 5.24. The molecule has 3 amide bonds. The van der Waals surface area contributed by atoms with Crippen molar-refractivity contribution in [3.8, 4) is 0 Å². The first-order valence-electron chi connectivity index (χ1n) is 8.06. The summed E-state index contributed by atoms with van der Waals surface area (Å²) in [5.74, 6) is -0.103. The quantitative estimate of drug-likeness (QED) is 0.815. The summed E-state index contributed by atoms with van der Waals surface area (Å²) >= 11 is 6.21. The number of fused-ring (bicyclic) bond motifs is 1. The van der Waals surface area contributed by atoms with Crippen LogP contribution in [0, 0.1) is 0 Å². The van der Waals surface area contributed by atoms with Crippen molar-refractivity contribution in [2.24, 2.45) is 0 Å². The molecule has 0 aliphatic carbocycles. The molecule has 2 saturated heterocycles. The lowest BCUT2D eigenvalue weighted by Crippen LogP contribution is -2.55. The van der Waals surface area contributed by atoms with Gasteiger partial charge in [0.2, 0.25) is 0 Å². The summed E-state index contributed by atoms with van der Waals surface area (Å²) < 4.78 is 0. The highest BCUT2D eigenvalue weighted by Crippen LogP contribution is 2.35. The largest absolute Gasteiger partial charge is 0.371 e. The zero-order valence-electron chi connectivity index (χ0n) is 13.3. The molecule has 0 radical (unpaired) electrons. The number of hydrogen-bond acceptors (Lipinski definition) is 4. The Bertz CT molecular complexity index is 825. The predicted octanol–water partition coefficient (Wildman–Crippen LogP) is 2.13. The van der Waals surface area contributed by atoms with Gasteiger partial charge in [-0.05, 0) is 31.9 Å². The Morgan fingerprint density at radius 3 is 2.71 bits per heavy atom. The van der Waals surface area contributed by atoms with Crippen LogP contribution in [0.5, 0.6) is 0 Å². The number of likely N-dealkylation sites (N-methyl/N-ethyl adjacent to an activating group) is 1. The molecule has 1 aromatic heterocycles. The lowest BCUT2D eigenvalue weighted by Gasteiger charge is -2.38. The van der Waals surface area contributed by atoms with Crippen LogP contribution >= 0.6 is 11.6 Å². The van der Waals surface area contributed by atoms with Gasteiger partial charge < -0.3 is 10.2 Å². The van der Waals surface area contributed by atoms with E-state index in [9.17, 15) is 9.59 Å². The first kappa shape index (κ1) is 15.3. The molecular formula is C16H18ClN5O2. The topological polar surface area (TPSA) is 81.3 Å². The number of benzene rings is 1. The zero-order chi connectivity index (χ0) is 16.9. The number of imide groups is 1. The van der Waals surface area contributed by atoms with Crippen LogP contribution in [0.25, 0.3) is 10.9 Å². The SMILES string of the molecule is CCN1C(=O)NC2(CCN(c3cc(Cl)cc4[nH]ncc34)CC2)C1=O. The molecule has 0 unspecified atom stereocenters. The first-order chi connectivity index (χ1) is 11.5. The van der Waals surface area contributed by atoms with Gasteiger partial charge in [-0.15, -0.1) is 0 Å². The van der Waals surface area contributed by atoms with Crippen molar-refractivity contribution in [1.29, 1.82) is 0 Å². The van der Waals surface area contributed by atoms with Gasteiger partial charge in [-0.25, -0.2) is 4.79 Å². The summed E-state index contributed by atoms with van der Waals surface area (Å²) in [6, 6.07) is 3.49. The van der Waals surface area contributed by atoms with Crippen LogP contribution in [-0.4, -0.2) is 52.2 Å². The highest BCUT2D eigenvalue weighted by atomic mass is 35.5. The number of rotatable bonds is 2. The van der Waals surface area contributed by atoms with E-state index in [-0.39, 0.29) is 11.9 Å². The van der Waals surface area contributed by atoms with Crippen LogP contribution in [0.2, 0.25) is 5.02 Å². The lowest BCUT2D eigenvalue weighted by molar-refractivity contribution is -0.131. The average molecular weight is 348 g/mol. The van der Waals surface area contributed by atoms with E-state index < -0.39 is 5.54 Å². The number of aromatic nitrogens is 2. The van der Waals surface area contributed by atoms with Gasteiger partial charge in [-0.3, -0.25) is 14.8 Å². The van der Waals surface area contributed by atoms with Gasteiger partial charge in [0.1, 0.15) is 5.54 Å². The number of anilines is 1. The Balaban J connectivity index is 1.59. The number of nitrogens with one attached hydrogen (secondary N) is 2. The molecule has 24 heavy (non-hydrogen) atoms. The van der Waals surface area contributed by atoms with Crippen LogP contribution in [0.4, 0.5) is 10.5 Å². The smallest absolute Gasteiger partial charge is 0.325 e. The number of nitrogens with zero attached hydrogens (tertiary/aromatic N) is 3. The minimum atomic E-state index is -0.752. The summed E-state index contributed by atoms with van der Waals surface area (Å²) in [6.45, 7) is 3.56. The van der Waals surface area contributed by atoms with Crippen molar-refractivity contribution in [1.82, 2.24) is 20.4 Å². The monoisotopic (exact) mass is 347 g/mol. The van der Waals surface area contributed by atoms with Gasteiger partial charge in [0.15, 0.2) is 0 Å². The molecule has 0 saturated carbocycles. The van der Waals surface area contributed by atoms with Crippen molar-refractivity contribution in [3.05, 3.63) is 23.4 Å². The second kappa shape index (κ2) is 5.37. The molecule has 2 aliphatic rings. The fourth-order valence-corrected chi connectivity index (χ4v) is 3.90. The third-order valence-electron chi connectivity index (χ3n) is 5.02. The standard InChI is InChI=1S/C16H18ClN5O2/c1-2-22-14(23)16(19-15(22)24)3-5-21(6-4-16)13-8-10(17)7-12-11(13)9-18-20-12/h7-9H,2-6H2,1H3,(H,18,20)(H,19,24). The Kier molecular flexibility index (Phi) is 3.42. The van der Waals surface area contributed by atoms with Crippen LogP contribution < -0.4 is 10.2 Å². The van der Waals surface area contributed by atoms with E-state index in [2.05, 4.69) is 20.4 Å². The van der Waals surface area contributed by atoms with Gasteiger partial charge in [-0.1, -0.05) is 11.6 Å². The number of carbonyl (C=O) groups is 2. The Labute approximate surface area is 143 Å². The maximum absolute atomic E-state index is 12.6. The van der Waals surface area contributed by atoms with E-state index in [1.54, 1.807) is 6.20 Å². The number of H-pyrrole nitrogens is 1. The molecular weight excluding hydrogens is 330 g/mol. The highest BCUT2D eigenvalue weighted by Gasteiger charge is 2.51. The van der Waals surface area contributed by atoms with E-state index in [1.807, 2.05) is 19.1 Å². The molecule has 126 valence electrons. The Morgan fingerprint density at radius 1 is 1.29 bits per heavy atom. The number of carbonyl (C=O) groups excluding carboxylic acids is 2. The first-order valence-corrected chi connectivity index (χ1v) is 8.43. The maximum Gasteiger partial charge on any atom is 0.325 e. The number of hydrogen-bond donors (Lipinski definition) is 2. The molecule has 2 aliphatic heterocycles. The molecule has 7 nitrogen and oxygen atoms in total. The number of piperidine rings is 1. The van der Waals surface area contributed by atoms with Crippen molar-refractivity contribution in [2.75, 3.05) is 24.5 Å². The molecule has 2 aromatic rings. The Morgan fingerprint density at radius 2 is 2.04 bits per heavy atom. The van der Waals surface area contributed by atoms with Gasteiger partial charge >= 0.3 is 6.03 Å². The van der Waals surface area contributed by atoms with Crippen LogP contribution in [-0.2, 0) is 4.79 Å². The van der Waals surface area contributed by atoms with Gasteiger partial charge in [-0.2, -0.15) is 5.10 Å². The van der Waals surface area contributed by atoms with E-state index in [0.717, 1.165) is 16.6 Å². The van der Waals surface area contributed by atoms with Crippen LogP contribution in [0.15, 0.2) is 18.3 Å². The van der Waals surface area contributed by atoms with E-state index in [1.165, 1.54) is 4.90 Å². The molecule has 8 heteroatoms. The van der Waals surface area contributed by atoms with E-state index in [0.29, 0.717) is 37.5 Å². The lowest BCUT2D eigenvalue weighted by atomic mass is 9.87. The summed E-state index contributed by atoms with van der Waals surface area (Å²) in [5, 5.41) is 11.6. The minimum absolute atomic E-state index is 0.103. The van der Waals surface area contributed by atoms with Crippen LogP contribution in [0.1, 0.15) is 19.8 Å². The predicted molar refractivity (Wildman–Crippen MR) is 91.2 cm³/mol. The van der Waals surface area contributed by atoms with E-state index >= 15 is 0 Å². The van der Waals surface area contributed by atoms with E-state index in [4.69, 9.17) is 11.6 Å². The van der Waals surface area contributed by atoms with Crippen molar-refractivity contribution in [2.45, 2.75) is 25.3 Å². The number of urea groups is 1. The van der Waals surface area contributed by atoms with Gasteiger partial charge in [0.25, 0.3) is 5.91 Å². The van der Waals surface area contributed by atoms with Gasteiger partial charge in [0.05, 0.1) is 11.7 Å². The normalized spacial score (nSPS) is 20.2. The second-order valence-corrected chi connectivity index (χ2v) is 6.74. The summed E-state index contributed by atoms with van der Waals surface area (Å²) in [6.07, 6.45) is 2.95. The molecule has 2 N–H and O–H groups in total. The molecule has 3 heterocycles. The van der Waals surface area contributed by atoms with Crippen LogP contribution in [0.3, 0.4) is 0 Å². The average Bonchev–Trinajstić information content (AvgIpc) is 3.11.